The Bertz CT molecular complexity index is 769. The number of carbonyl (C=O) groups is 1. The van der Waals surface area contributed by atoms with Crippen LogP contribution in [0.2, 0.25) is 0 Å². The van der Waals surface area contributed by atoms with Crippen molar-refractivity contribution in [1.82, 2.24) is 5.10 Å². The highest BCUT2D eigenvalue weighted by Gasteiger charge is 2.47. The van der Waals surface area contributed by atoms with E-state index in [1.54, 1.807) is 11.6 Å². The topological polar surface area (TPSA) is 63.3 Å². The Balaban J connectivity index is 2.00. The van der Waals surface area contributed by atoms with Crippen LogP contribution in [0.15, 0.2) is 11.6 Å². The van der Waals surface area contributed by atoms with Crippen molar-refractivity contribution in [2.45, 2.75) is 46.1 Å². The standard InChI is InChI=1S/C16H18N2O3S/c1-9-7-13(19)10(2)12-5-6-16(4,21-14(9)12)15(20)18-8-22-11(3)17-18/h7-8H,5-6H2,1-4H3/p+1. The molecule has 0 radical (unpaired) electrons. The molecule has 22 heavy (non-hydrogen) atoms. The van der Waals surface area contributed by atoms with Crippen LogP contribution in [0.5, 0.6) is 11.5 Å². The number of phenolic OH excluding ortho intramolecular Hbond substituents is 1. The molecule has 1 aliphatic rings. The minimum absolute atomic E-state index is 0.160. The Labute approximate surface area is 133 Å². The van der Waals surface area contributed by atoms with Gasteiger partial charge in [-0.3, -0.25) is 0 Å². The quantitative estimate of drug-likeness (QED) is 0.820. The maximum atomic E-state index is 12.7. The van der Waals surface area contributed by atoms with Crippen LogP contribution in [-0.2, 0) is 6.42 Å². The number of carbonyl (C=O) groups excluding carboxylic acids is 1. The fourth-order valence-corrected chi connectivity index (χ4v) is 3.37. The predicted molar refractivity (Wildman–Crippen MR) is 82.6 cm³/mol. The Kier molecular flexibility index (Phi) is 3.44. The number of rotatable bonds is 1. The molecule has 1 aromatic carbocycles. The lowest BCUT2D eigenvalue weighted by Crippen LogP contribution is -2.59. The summed E-state index contributed by atoms with van der Waals surface area (Å²) in [7, 11) is 0. The maximum absolute atomic E-state index is 12.7. The fraction of sp³-hybridized carbons (Fsp3) is 0.438. The zero-order chi connectivity index (χ0) is 16.1. The normalized spacial score (nSPS) is 20.4. The summed E-state index contributed by atoms with van der Waals surface area (Å²) >= 11 is 1.43. The Morgan fingerprint density at radius 1 is 1.45 bits per heavy atom. The van der Waals surface area contributed by atoms with E-state index in [0.717, 1.165) is 21.7 Å². The summed E-state index contributed by atoms with van der Waals surface area (Å²) in [6.45, 7) is 7.43. The molecule has 1 atom stereocenters. The van der Waals surface area contributed by atoms with Gasteiger partial charge in [0, 0.05) is 17.1 Å². The summed E-state index contributed by atoms with van der Waals surface area (Å²) in [4.78, 5) is 12.7. The summed E-state index contributed by atoms with van der Waals surface area (Å²) < 4.78 is 7.46. The highest BCUT2D eigenvalue weighted by molar-refractivity contribution is 7.08. The zero-order valence-electron chi connectivity index (χ0n) is 13.1. The van der Waals surface area contributed by atoms with E-state index in [-0.39, 0.29) is 11.7 Å². The van der Waals surface area contributed by atoms with Gasteiger partial charge in [-0.15, -0.1) is 0 Å². The third kappa shape index (κ3) is 2.27. The molecule has 116 valence electrons. The van der Waals surface area contributed by atoms with Crippen molar-refractivity contribution in [3.63, 3.8) is 0 Å². The van der Waals surface area contributed by atoms with Gasteiger partial charge >= 0.3 is 5.91 Å². The summed E-state index contributed by atoms with van der Waals surface area (Å²) in [5.74, 6) is 0.830. The molecule has 0 saturated carbocycles. The SMILES string of the molecule is Cc1n[n+](C(=O)C2(C)CCc3c(C)c(O)cc(C)c3O2)cs1. The first-order valence-corrected chi connectivity index (χ1v) is 8.10. The van der Waals surface area contributed by atoms with E-state index >= 15 is 0 Å². The van der Waals surface area contributed by atoms with Gasteiger partial charge in [0.25, 0.3) is 5.51 Å². The number of ether oxygens (including phenoxy) is 1. The number of benzene rings is 1. The second-order valence-electron chi connectivity index (χ2n) is 5.97. The van der Waals surface area contributed by atoms with Crippen molar-refractivity contribution in [3.05, 3.63) is 33.3 Å². The van der Waals surface area contributed by atoms with Crippen molar-refractivity contribution in [2.75, 3.05) is 0 Å². The highest BCUT2D eigenvalue weighted by Crippen LogP contribution is 2.40. The summed E-state index contributed by atoms with van der Waals surface area (Å²) in [6, 6.07) is 1.69. The van der Waals surface area contributed by atoms with Crippen LogP contribution in [0.25, 0.3) is 0 Å². The van der Waals surface area contributed by atoms with Crippen LogP contribution >= 0.6 is 11.3 Å². The van der Waals surface area contributed by atoms with Gasteiger partial charge in [0.15, 0.2) is 5.01 Å². The fourth-order valence-electron chi connectivity index (χ4n) is 2.84. The molecule has 0 aliphatic carbocycles. The summed E-state index contributed by atoms with van der Waals surface area (Å²) in [5.41, 5.74) is 3.43. The van der Waals surface area contributed by atoms with Crippen molar-refractivity contribution >= 4 is 17.2 Å². The minimum Gasteiger partial charge on any atom is -0.508 e. The lowest BCUT2D eigenvalue weighted by molar-refractivity contribution is -0.637. The molecule has 1 aromatic heterocycles. The van der Waals surface area contributed by atoms with E-state index in [1.807, 2.05) is 27.7 Å². The van der Waals surface area contributed by atoms with Crippen LogP contribution in [0.3, 0.4) is 0 Å². The maximum Gasteiger partial charge on any atom is 0.461 e. The van der Waals surface area contributed by atoms with E-state index in [1.165, 1.54) is 16.0 Å². The number of aryl methyl sites for hydroxylation is 2. The number of phenols is 1. The molecule has 3 rings (SSSR count). The van der Waals surface area contributed by atoms with Crippen LogP contribution in [0.1, 0.15) is 39.8 Å². The average molecular weight is 319 g/mol. The molecule has 2 heterocycles. The molecule has 0 amide bonds. The molecule has 1 unspecified atom stereocenters. The van der Waals surface area contributed by atoms with Gasteiger partial charge in [0.2, 0.25) is 5.60 Å². The molecule has 0 spiro atoms. The Morgan fingerprint density at radius 2 is 2.18 bits per heavy atom. The van der Waals surface area contributed by atoms with Crippen LogP contribution in [0.4, 0.5) is 0 Å². The predicted octanol–water partition coefficient (Wildman–Crippen LogP) is 2.49. The molecule has 0 fully saturated rings. The molecule has 0 saturated heterocycles. The number of aromatic nitrogens is 2. The van der Waals surface area contributed by atoms with Gasteiger partial charge in [-0.1, -0.05) is 11.3 Å². The van der Waals surface area contributed by atoms with Crippen molar-refractivity contribution in [1.29, 1.82) is 0 Å². The van der Waals surface area contributed by atoms with Gasteiger partial charge in [-0.05, 0) is 56.0 Å². The van der Waals surface area contributed by atoms with E-state index in [9.17, 15) is 9.90 Å². The molecule has 0 bridgehead atoms. The number of nitrogens with zero attached hydrogens (tertiary/aromatic N) is 2. The van der Waals surface area contributed by atoms with Crippen molar-refractivity contribution < 1.29 is 19.3 Å². The van der Waals surface area contributed by atoms with Crippen LogP contribution in [-0.4, -0.2) is 21.7 Å². The zero-order valence-corrected chi connectivity index (χ0v) is 14.0. The van der Waals surface area contributed by atoms with Gasteiger partial charge in [0.1, 0.15) is 11.5 Å². The number of fused-ring (bicyclic) bond motifs is 1. The van der Waals surface area contributed by atoms with Gasteiger partial charge < -0.3 is 9.84 Å². The van der Waals surface area contributed by atoms with E-state index in [4.69, 9.17) is 4.74 Å². The van der Waals surface area contributed by atoms with Gasteiger partial charge in [-0.25, -0.2) is 4.79 Å². The lowest BCUT2D eigenvalue weighted by atomic mass is 9.88. The average Bonchev–Trinajstić information content (AvgIpc) is 2.90. The molecule has 6 heteroatoms. The molecular weight excluding hydrogens is 300 g/mol. The Morgan fingerprint density at radius 3 is 2.82 bits per heavy atom. The van der Waals surface area contributed by atoms with Crippen LogP contribution < -0.4 is 9.42 Å². The Hall–Kier alpha value is -1.95. The van der Waals surface area contributed by atoms with Gasteiger partial charge in [0.05, 0.1) is 0 Å². The van der Waals surface area contributed by atoms with Gasteiger partial charge in [-0.2, -0.15) is 0 Å². The number of aromatic hydroxyl groups is 1. The first-order chi connectivity index (χ1) is 10.3. The van der Waals surface area contributed by atoms with Crippen LogP contribution in [0, 0.1) is 20.8 Å². The van der Waals surface area contributed by atoms with Crippen molar-refractivity contribution in [3.8, 4) is 11.5 Å². The second kappa shape index (κ2) is 5.05. The summed E-state index contributed by atoms with van der Waals surface area (Å²) in [6.07, 6.45) is 1.26. The van der Waals surface area contributed by atoms with Crippen molar-refractivity contribution in [2.24, 2.45) is 0 Å². The lowest BCUT2D eigenvalue weighted by Gasteiger charge is -2.32. The molecule has 5 nitrogen and oxygen atoms in total. The molecule has 1 aliphatic heterocycles. The largest absolute Gasteiger partial charge is 0.508 e. The van der Waals surface area contributed by atoms with E-state index < -0.39 is 5.60 Å². The summed E-state index contributed by atoms with van der Waals surface area (Å²) in [5, 5.41) is 15.0. The first-order valence-electron chi connectivity index (χ1n) is 7.22. The molecular formula is C16H19N2O3S+. The third-order valence-corrected chi connectivity index (χ3v) is 4.96. The van der Waals surface area contributed by atoms with E-state index in [0.29, 0.717) is 18.6 Å². The van der Waals surface area contributed by atoms with E-state index in [2.05, 4.69) is 5.10 Å². The first kappa shape index (κ1) is 15.0. The highest BCUT2D eigenvalue weighted by atomic mass is 32.1. The molecule has 1 N–H and O–H groups in total. The smallest absolute Gasteiger partial charge is 0.461 e. The second-order valence-corrected chi connectivity index (χ2v) is 7.01. The monoisotopic (exact) mass is 319 g/mol. The number of hydrogen-bond donors (Lipinski definition) is 1. The minimum atomic E-state index is -0.938. The molecule has 2 aromatic rings. The third-order valence-electron chi connectivity index (χ3n) is 4.23. The number of hydrogen-bond acceptors (Lipinski definition) is 5.